The van der Waals surface area contributed by atoms with Gasteiger partial charge in [-0.2, -0.15) is 0 Å². The Morgan fingerprint density at radius 2 is 1.79 bits per heavy atom. The normalized spacial score (nSPS) is 19.6. The van der Waals surface area contributed by atoms with Gasteiger partial charge in [0.1, 0.15) is 0 Å². The van der Waals surface area contributed by atoms with E-state index in [2.05, 4.69) is 5.32 Å². The van der Waals surface area contributed by atoms with Crippen LogP contribution in [-0.4, -0.2) is 19.8 Å². The third-order valence-corrected chi connectivity index (χ3v) is 4.05. The van der Waals surface area contributed by atoms with Crippen LogP contribution in [-0.2, 0) is 4.74 Å². The maximum atomic E-state index is 13.9. The summed E-state index contributed by atoms with van der Waals surface area (Å²) in [5, 5.41) is 2.99. The van der Waals surface area contributed by atoms with E-state index in [0.717, 1.165) is 31.7 Å². The first-order valence-corrected chi connectivity index (χ1v) is 6.41. The quantitative estimate of drug-likeness (QED) is 0.850. The summed E-state index contributed by atoms with van der Waals surface area (Å²) in [6, 6.07) is 1.75. The van der Waals surface area contributed by atoms with Crippen LogP contribution in [0.1, 0.15) is 37.3 Å². The van der Waals surface area contributed by atoms with Crippen LogP contribution in [0.4, 0.5) is 13.2 Å². The average molecular weight is 273 g/mol. The van der Waals surface area contributed by atoms with Gasteiger partial charge in [-0.05, 0) is 26.0 Å². The molecule has 1 unspecified atom stereocenters. The molecule has 2 rings (SSSR count). The standard InChI is InChI=1S/C14H18F3NO/c1-18-13(14(19-2)7-3-4-8-14)9-5-6-10(15)12(17)11(9)16/h5-6,13,18H,3-4,7-8H2,1-2H3. The lowest BCUT2D eigenvalue weighted by molar-refractivity contribution is -0.0359. The van der Waals surface area contributed by atoms with Gasteiger partial charge in [-0.15, -0.1) is 0 Å². The van der Waals surface area contributed by atoms with E-state index in [-0.39, 0.29) is 5.56 Å². The Hall–Kier alpha value is -1.07. The third kappa shape index (κ3) is 2.37. The minimum atomic E-state index is -1.43. The van der Waals surface area contributed by atoms with E-state index in [9.17, 15) is 13.2 Å². The van der Waals surface area contributed by atoms with Crippen LogP contribution >= 0.6 is 0 Å². The number of methoxy groups -OCH3 is 1. The lowest BCUT2D eigenvalue weighted by Crippen LogP contribution is -2.42. The molecule has 1 aromatic rings. The molecule has 0 amide bonds. The third-order valence-electron chi connectivity index (χ3n) is 4.05. The maximum Gasteiger partial charge on any atom is 0.194 e. The number of benzene rings is 1. The smallest absolute Gasteiger partial charge is 0.194 e. The number of likely N-dealkylation sites (N-methyl/N-ethyl adjacent to an activating group) is 1. The monoisotopic (exact) mass is 273 g/mol. The highest BCUT2D eigenvalue weighted by atomic mass is 19.2. The summed E-state index contributed by atoms with van der Waals surface area (Å²) < 4.78 is 45.9. The van der Waals surface area contributed by atoms with Gasteiger partial charge in [0, 0.05) is 12.7 Å². The molecule has 0 spiro atoms. The van der Waals surface area contributed by atoms with E-state index >= 15 is 0 Å². The number of nitrogens with one attached hydrogen (secondary N) is 1. The first kappa shape index (κ1) is 14.3. The second-order valence-electron chi connectivity index (χ2n) is 4.96. The molecular weight excluding hydrogens is 255 g/mol. The van der Waals surface area contributed by atoms with Gasteiger partial charge in [-0.3, -0.25) is 0 Å². The van der Waals surface area contributed by atoms with Gasteiger partial charge < -0.3 is 10.1 Å². The Labute approximate surface area is 111 Å². The fourth-order valence-corrected chi connectivity index (χ4v) is 3.05. The molecule has 0 heterocycles. The van der Waals surface area contributed by atoms with Crippen molar-refractivity contribution in [1.82, 2.24) is 5.32 Å². The van der Waals surface area contributed by atoms with E-state index < -0.39 is 29.1 Å². The summed E-state index contributed by atoms with van der Waals surface area (Å²) in [6.07, 6.45) is 3.51. The van der Waals surface area contributed by atoms with Crippen molar-refractivity contribution in [3.05, 3.63) is 35.1 Å². The molecule has 1 aliphatic carbocycles. The summed E-state index contributed by atoms with van der Waals surface area (Å²) in [5.41, 5.74) is -0.440. The summed E-state index contributed by atoms with van der Waals surface area (Å²) in [7, 11) is 3.25. The van der Waals surface area contributed by atoms with Crippen LogP contribution in [0.2, 0.25) is 0 Å². The summed E-state index contributed by atoms with van der Waals surface area (Å²) in [5.74, 6) is -3.74. The predicted molar refractivity (Wildman–Crippen MR) is 66.3 cm³/mol. The van der Waals surface area contributed by atoms with Gasteiger partial charge in [0.15, 0.2) is 17.5 Å². The van der Waals surface area contributed by atoms with Gasteiger partial charge in [0.2, 0.25) is 0 Å². The van der Waals surface area contributed by atoms with Crippen molar-refractivity contribution < 1.29 is 17.9 Å². The van der Waals surface area contributed by atoms with Crippen molar-refractivity contribution in [2.24, 2.45) is 0 Å². The zero-order chi connectivity index (χ0) is 14.0. The van der Waals surface area contributed by atoms with Crippen molar-refractivity contribution >= 4 is 0 Å². The number of halogens is 3. The number of ether oxygens (including phenoxy) is 1. The van der Waals surface area contributed by atoms with Crippen molar-refractivity contribution in [2.75, 3.05) is 14.2 Å². The fourth-order valence-electron chi connectivity index (χ4n) is 3.05. The molecule has 1 N–H and O–H groups in total. The Morgan fingerprint density at radius 1 is 1.16 bits per heavy atom. The molecule has 1 fully saturated rings. The minimum absolute atomic E-state index is 0.116. The van der Waals surface area contributed by atoms with Crippen LogP contribution in [0.15, 0.2) is 12.1 Å². The molecule has 19 heavy (non-hydrogen) atoms. The molecule has 1 saturated carbocycles. The SMILES string of the molecule is CNC(c1ccc(F)c(F)c1F)C1(OC)CCCC1. The lowest BCUT2D eigenvalue weighted by atomic mass is 9.86. The lowest BCUT2D eigenvalue weighted by Gasteiger charge is -2.36. The van der Waals surface area contributed by atoms with Gasteiger partial charge in [-0.25, -0.2) is 13.2 Å². The van der Waals surface area contributed by atoms with E-state index in [1.54, 1.807) is 14.2 Å². The largest absolute Gasteiger partial charge is 0.376 e. The Morgan fingerprint density at radius 3 is 2.32 bits per heavy atom. The number of hydrogen-bond donors (Lipinski definition) is 1. The summed E-state index contributed by atoms with van der Waals surface area (Å²) in [4.78, 5) is 0. The molecular formula is C14H18F3NO. The summed E-state index contributed by atoms with van der Waals surface area (Å²) >= 11 is 0. The van der Waals surface area contributed by atoms with E-state index in [1.807, 2.05) is 0 Å². The van der Waals surface area contributed by atoms with E-state index in [1.165, 1.54) is 6.07 Å². The van der Waals surface area contributed by atoms with Gasteiger partial charge in [-0.1, -0.05) is 18.9 Å². The van der Waals surface area contributed by atoms with Gasteiger partial charge in [0.05, 0.1) is 11.6 Å². The van der Waals surface area contributed by atoms with Gasteiger partial charge in [0.25, 0.3) is 0 Å². The molecule has 0 radical (unpaired) electrons. The molecule has 1 aliphatic rings. The molecule has 1 atom stereocenters. The highest BCUT2D eigenvalue weighted by Gasteiger charge is 2.43. The summed E-state index contributed by atoms with van der Waals surface area (Å²) in [6.45, 7) is 0. The molecule has 1 aromatic carbocycles. The van der Waals surface area contributed by atoms with Crippen LogP contribution in [0.5, 0.6) is 0 Å². The highest BCUT2D eigenvalue weighted by molar-refractivity contribution is 5.27. The predicted octanol–water partition coefficient (Wildman–Crippen LogP) is 3.32. The Balaban J connectivity index is 2.45. The minimum Gasteiger partial charge on any atom is -0.376 e. The molecule has 106 valence electrons. The van der Waals surface area contributed by atoms with E-state index in [4.69, 9.17) is 4.74 Å². The van der Waals surface area contributed by atoms with Crippen LogP contribution < -0.4 is 5.32 Å². The molecule has 0 aliphatic heterocycles. The average Bonchev–Trinajstić information content (AvgIpc) is 2.89. The first-order chi connectivity index (χ1) is 9.05. The number of hydrogen-bond acceptors (Lipinski definition) is 2. The molecule has 0 bridgehead atoms. The van der Waals surface area contributed by atoms with Crippen molar-refractivity contribution in [3.63, 3.8) is 0 Å². The molecule has 0 saturated heterocycles. The Bertz CT molecular complexity index is 458. The second-order valence-corrected chi connectivity index (χ2v) is 4.96. The van der Waals surface area contributed by atoms with Crippen molar-refractivity contribution in [3.8, 4) is 0 Å². The molecule has 2 nitrogen and oxygen atoms in total. The topological polar surface area (TPSA) is 21.3 Å². The maximum absolute atomic E-state index is 13.9. The fraction of sp³-hybridized carbons (Fsp3) is 0.571. The molecule has 5 heteroatoms. The zero-order valence-electron chi connectivity index (χ0n) is 11.1. The first-order valence-electron chi connectivity index (χ1n) is 6.41. The van der Waals surface area contributed by atoms with Crippen LogP contribution in [0.3, 0.4) is 0 Å². The van der Waals surface area contributed by atoms with Gasteiger partial charge >= 0.3 is 0 Å². The Kier molecular flexibility index (Phi) is 4.16. The van der Waals surface area contributed by atoms with E-state index in [0.29, 0.717) is 0 Å². The number of rotatable bonds is 4. The second kappa shape index (κ2) is 5.51. The molecule has 0 aromatic heterocycles. The van der Waals surface area contributed by atoms with Crippen LogP contribution in [0.25, 0.3) is 0 Å². The zero-order valence-corrected chi connectivity index (χ0v) is 11.1. The van der Waals surface area contributed by atoms with Crippen molar-refractivity contribution in [1.29, 1.82) is 0 Å². The van der Waals surface area contributed by atoms with Crippen molar-refractivity contribution in [2.45, 2.75) is 37.3 Å². The van der Waals surface area contributed by atoms with Crippen LogP contribution in [0, 0.1) is 17.5 Å². The highest BCUT2D eigenvalue weighted by Crippen LogP contribution is 2.43.